The Bertz CT molecular complexity index is 413. The molecular weight excluding hydrogens is 210 g/mol. The van der Waals surface area contributed by atoms with Gasteiger partial charge in [-0.25, -0.2) is 0 Å². The van der Waals surface area contributed by atoms with Gasteiger partial charge in [0.2, 0.25) is 0 Å². The molecule has 92 valence electrons. The zero-order valence-electron chi connectivity index (χ0n) is 11.0. The lowest BCUT2D eigenvalue weighted by atomic mass is 9.75. The fourth-order valence-corrected chi connectivity index (χ4v) is 2.56. The van der Waals surface area contributed by atoms with Gasteiger partial charge in [-0.05, 0) is 31.9 Å². The number of hydrogen-bond donors (Lipinski definition) is 0. The van der Waals surface area contributed by atoms with Crippen LogP contribution in [0.25, 0.3) is 0 Å². The largest absolute Gasteiger partial charge is 0.370 e. The van der Waals surface area contributed by atoms with Crippen LogP contribution in [0.1, 0.15) is 44.0 Å². The highest BCUT2D eigenvalue weighted by Gasteiger charge is 2.39. The smallest absolute Gasteiger partial charge is 0.159 e. The van der Waals surface area contributed by atoms with Gasteiger partial charge in [0, 0.05) is 29.8 Å². The molecule has 0 radical (unpaired) electrons. The van der Waals surface area contributed by atoms with Crippen molar-refractivity contribution in [1.82, 2.24) is 0 Å². The first kappa shape index (κ1) is 12.2. The summed E-state index contributed by atoms with van der Waals surface area (Å²) in [5.74, 6) is 0.143. The minimum Gasteiger partial charge on any atom is -0.370 e. The van der Waals surface area contributed by atoms with E-state index in [0.29, 0.717) is 5.41 Å². The summed E-state index contributed by atoms with van der Waals surface area (Å²) in [6, 6.07) is 7.97. The Morgan fingerprint density at radius 2 is 1.94 bits per heavy atom. The zero-order valence-corrected chi connectivity index (χ0v) is 11.0. The first-order valence-corrected chi connectivity index (χ1v) is 6.46. The molecule has 1 fully saturated rings. The highest BCUT2D eigenvalue weighted by Crippen LogP contribution is 2.39. The van der Waals surface area contributed by atoms with E-state index in [4.69, 9.17) is 0 Å². The van der Waals surface area contributed by atoms with Gasteiger partial charge in [-0.15, -0.1) is 0 Å². The van der Waals surface area contributed by atoms with E-state index >= 15 is 0 Å². The Morgan fingerprint density at radius 1 is 1.29 bits per heavy atom. The third-order valence-corrected chi connectivity index (χ3v) is 4.17. The standard InChI is InChI=1S/C15H21NO/c1-4-15(5-2)10-16(11-15)14-8-6-7-13(9-14)12(3)17/h6-9H,4-5,10-11H2,1-3H3. The average Bonchev–Trinajstić information content (AvgIpc) is 2.29. The fourth-order valence-electron chi connectivity index (χ4n) is 2.56. The normalized spacial score (nSPS) is 17.7. The molecule has 0 unspecified atom stereocenters. The first-order chi connectivity index (χ1) is 8.10. The second-order valence-electron chi connectivity index (χ2n) is 5.17. The number of carbonyl (C=O) groups is 1. The quantitative estimate of drug-likeness (QED) is 0.739. The van der Waals surface area contributed by atoms with E-state index < -0.39 is 0 Å². The molecule has 2 heteroatoms. The molecule has 0 amide bonds. The Labute approximate surface area is 104 Å². The van der Waals surface area contributed by atoms with Gasteiger partial charge in [0.15, 0.2) is 5.78 Å². The lowest BCUT2D eigenvalue weighted by Crippen LogP contribution is -2.55. The predicted molar refractivity (Wildman–Crippen MR) is 71.7 cm³/mol. The summed E-state index contributed by atoms with van der Waals surface area (Å²) in [7, 11) is 0. The van der Waals surface area contributed by atoms with E-state index in [1.807, 2.05) is 18.2 Å². The first-order valence-electron chi connectivity index (χ1n) is 6.46. The number of ketones is 1. The van der Waals surface area contributed by atoms with Crippen molar-refractivity contribution in [2.45, 2.75) is 33.6 Å². The number of hydrogen-bond acceptors (Lipinski definition) is 2. The van der Waals surface area contributed by atoms with E-state index in [-0.39, 0.29) is 5.78 Å². The maximum absolute atomic E-state index is 11.3. The van der Waals surface area contributed by atoms with Gasteiger partial charge < -0.3 is 4.90 Å². The molecule has 0 spiro atoms. The Kier molecular flexibility index (Phi) is 3.23. The minimum atomic E-state index is 0.143. The van der Waals surface area contributed by atoms with Crippen LogP contribution in [-0.2, 0) is 0 Å². The monoisotopic (exact) mass is 231 g/mol. The van der Waals surface area contributed by atoms with Gasteiger partial charge in [0.1, 0.15) is 0 Å². The molecule has 1 heterocycles. The average molecular weight is 231 g/mol. The summed E-state index contributed by atoms with van der Waals surface area (Å²) < 4.78 is 0. The number of nitrogens with zero attached hydrogens (tertiary/aromatic N) is 1. The molecule has 1 aliphatic rings. The summed E-state index contributed by atoms with van der Waals surface area (Å²) in [5, 5.41) is 0. The summed E-state index contributed by atoms with van der Waals surface area (Å²) in [5.41, 5.74) is 2.51. The molecule has 17 heavy (non-hydrogen) atoms. The van der Waals surface area contributed by atoms with Crippen molar-refractivity contribution in [1.29, 1.82) is 0 Å². The van der Waals surface area contributed by atoms with E-state index in [1.165, 1.54) is 18.5 Å². The Hall–Kier alpha value is -1.31. The fraction of sp³-hybridized carbons (Fsp3) is 0.533. The third-order valence-electron chi connectivity index (χ3n) is 4.17. The summed E-state index contributed by atoms with van der Waals surface area (Å²) in [4.78, 5) is 13.7. The van der Waals surface area contributed by atoms with Crippen molar-refractivity contribution in [2.24, 2.45) is 5.41 Å². The highest BCUT2D eigenvalue weighted by atomic mass is 16.1. The van der Waals surface area contributed by atoms with Gasteiger partial charge in [0.05, 0.1) is 0 Å². The molecule has 2 nitrogen and oxygen atoms in total. The van der Waals surface area contributed by atoms with Crippen LogP contribution in [0.5, 0.6) is 0 Å². The third kappa shape index (κ3) is 2.21. The Balaban J connectivity index is 2.11. The zero-order chi connectivity index (χ0) is 12.5. The van der Waals surface area contributed by atoms with Crippen LogP contribution in [0.3, 0.4) is 0 Å². The predicted octanol–water partition coefficient (Wildman–Crippen LogP) is 3.52. The van der Waals surface area contributed by atoms with Crippen LogP contribution in [0, 0.1) is 5.41 Å². The van der Waals surface area contributed by atoms with Crippen molar-refractivity contribution in [3.8, 4) is 0 Å². The molecular formula is C15H21NO. The van der Waals surface area contributed by atoms with Crippen LogP contribution >= 0.6 is 0 Å². The molecule has 0 bridgehead atoms. The SMILES string of the molecule is CCC1(CC)CN(c2cccc(C(C)=O)c2)C1. The van der Waals surface area contributed by atoms with Gasteiger partial charge in [0.25, 0.3) is 0 Å². The summed E-state index contributed by atoms with van der Waals surface area (Å²) in [6.45, 7) is 8.42. The van der Waals surface area contributed by atoms with Gasteiger partial charge in [-0.2, -0.15) is 0 Å². The second kappa shape index (κ2) is 4.52. The van der Waals surface area contributed by atoms with Crippen LogP contribution in [0.15, 0.2) is 24.3 Å². The second-order valence-corrected chi connectivity index (χ2v) is 5.17. The molecule has 1 aliphatic heterocycles. The number of rotatable bonds is 4. The molecule has 0 atom stereocenters. The lowest BCUT2D eigenvalue weighted by Gasteiger charge is -2.51. The highest BCUT2D eigenvalue weighted by molar-refractivity contribution is 5.95. The van der Waals surface area contributed by atoms with E-state index in [1.54, 1.807) is 6.92 Å². The van der Waals surface area contributed by atoms with Crippen molar-refractivity contribution in [2.75, 3.05) is 18.0 Å². The topological polar surface area (TPSA) is 20.3 Å². The minimum absolute atomic E-state index is 0.143. The van der Waals surface area contributed by atoms with Crippen LogP contribution in [0.2, 0.25) is 0 Å². The molecule has 1 aromatic carbocycles. The molecule has 0 aromatic heterocycles. The van der Waals surface area contributed by atoms with Crippen molar-refractivity contribution in [3.05, 3.63) is 29.8 Å². The molecule has 0 saturated carbocycles. The summed E-state index contributed by atoms with van der Waals surface area (Å²) in [6.07, 6.45) is 2.48. The van der Waals surface area contributed by atoms with E-state index in [2.05, 4.69) is 24.8 Å². The summed E-state index contributed by atoms with van der Waals surface area (Å²) >= 11 is 0. The molecule has 0 aliphatic carbocycles. The van der Waals surface area contributed by atoms with Gasteiger partial charge in [-0.3, -0.25) is 4.79 Å². The molecule has 0 N–H and O–H groups in total. The molecule has 2 rings (SSSR count). The van der Waals surface area contributed by atoms with Crippen LogP contribution in [-0.4, -0.2) is 18.9 Å². The van der Waals surface area contributed by atoms with Crippen LogP contribution < -0.4 is 4.90 Å². The maximum atomic E-state index is 11.3. The van der Waals surface area contributed by atoms with Gasteiger partial charge >= 0.3 is 0 Å². The van der Waals surface area contributed by atoms with Crippen molar-refractivity contribution < 1.29 is 4.79 Å². The van der Waals surface area contributed by atoms with Gasteiger partial charge in [-0.1, -0.05) is 26.0 Å². The maximum Gasteiger partial charge on any atom is 0.159 e. The lowest BCUT2D eigenvalue weighted by molar-refractivity contribution is 0.101. The number of benzene rings is 1. The van der Waals surface area contributed by atoms with Crippen LogP contribution in [0.4, 0.5) is 5.69 Å². The molecule has 1 saturated heterocycles. The Morgan fingerprint density at radius 3 is 2.47 bits per heavy atom. The van der Waals surface area contributed by atoms with Crippen molar-refractivity contribution in [3.63, 3.8) is 0 Å². The van der Waals surface area contributed by atoms with E-state index in [9.17, 15) is 4.79 Å². The van der Waals surface area contributed by atoms with Crippen molar-refractivity contribution >= 4 is 11.5 Å². The van der Waals surface area contributed by atoms with E-state index in [0.717, 1.165) is 18.7 Å². The number of Topliss-reactive ketones (excluding diaryl/α,β-unsaturated/α-hetero) is 1. The number of carbonyl (C=O) groups excluding carboxylic acids is 1. The molecule has 1 aromatic rings. The number of anilines is 1.